The Morgan fingerprint density at radius 2 is 0.532 bits per heavy atom. The number of hydrogen-bond acceptors (Lipinski definition) is 4. The van der Waals surface area contributed by atoms with Gasteiger partial charge in [0.15, 0.2) is 0 Å². The molecule has 0 aliphatic carbocycles. The van der Waals surface area contributed by atoms with Crippen molar-refractivity contribution < 1.29 is 19.1 Å². The van der Waals surface area contributed by atoms with E-state index in [2.05, 4.69) is 72.8 Å². The van der Waals surface area contributed by atoms with Crippen LogP contribution in [-0.4, -0.2) is 11.9 Å². The minimum Gasteiger partial charge on any atom is -0.422 e. The van der Waals surface area contributed by atoms with Crippen LogP contribution in [0.4, 0.5) is 0 Å². The van der Waals surface area contributed by atoms with E-state index in [1.54, 1.807) is 24.3 Å². The lowest BCUT2D eigenvalue weighted by molar-refractivity contribution is 0.0723. The SMILES string of the molecule is O=C(Oc1ccc2ccccc2c1-c1c(OC(=O)c2ccc(-c3ccc(-c4ccccc4)cc3)cc2)ccc2ccccc12)c1ccc(-c2ccc(-c3ccccc3)cc2)cc1. The molecule has 4 heteroatoms. The fourth-order valence-corrected chi connectivity index (χ4v) is 8.08. The summed E-state index contributed by atoms with van der Waals surface area (Å²) in [6.45, 7) is 0. The predicted octanol–water partition coefficient (Wildman–Crippen LogP) is 14.8. The molecule has 0 radical (unpaired) electrons. The van der Waals surface area contributed by atoms with Gasteiger partial charge in [0, 0.05) is 11.1 Å². The summed E-state index contributed by atoms with van der Waals surface area (Å²) in [4.78, 5) is 28.0. The molecule has 0 atom stereocenters. The number of benzene rings is 10. The second-order valence-corrected chi connectivity index (χ2v) is 15.1. The van der Waals surface area contributed by atoms with E-state index >= 15 is 0 Å². The molecule has 0 bridgehead atoms. The molecule has 10 aromatic carbocycles. The fraction of sp³-hybridized carbons (Fsp3) is 0. The number of ether oxygens (including phenoxy) is 2. The van der Waals surface area contributed by atoms with Crippen LogP contribution in [0.5, 0.6) is 11.5 Å². The number of fused-ring (bicyclic) bond motifs is 2. The van der Waals surface area contributed by atoms with Gasteiger partial charge in [0.25, 0.3) is 0 Å². The Labute approximate surface area is 359 Å². The summed E-state index contributed by atoms with van der Waals surface area (Å²) in [5.41, 5.74) is 10.8. The monoisotopic (exact) mass is 798 g/mol. The molecule has 0 fully saturated rings. The molecule has 0 heterocycles. The van der Waals surface area contributed by atoms with Gasteiger partial charge >= 0.3 is 11.9 Å². The maximum Gasteiger partial charge on any atom is 0.343 e. The second-order valence-electron chi connectivity index (χ2n) is 15.1. The Kier molecular flexibility index (Phi) is 10.2. The number of carbonyl (C=O) groups excluding carboxylic acids is 2. The Hall–Kier alpha value is -8.34. The zero-order valence-corrected chi connectivity index (χ0v) is 33.6. The highest BCUT2D eigenvalue weighted by Gasteiger charge is 2.23. The first-order chi connectivity index (χ1) is 30.6. The summed E-state index contributed by atoms with van der Waals surface area (Å²) in [5.74, 6) is -0.293. The van der Waals surface area contributed by atoms with Crippen LogP contribution >= 0.6 is 0 Å². The van der Waals surface area contributed by atoms with E-state index in [-0.39, 0.29) is 0 Å². The highest BCUT2D eigenvalue weighted by molar-refractivity contribution is 6.11. The lowest BCUT2D eigenvalue weighted by Gasteiger charge is -2.19. The van der Waals surface area contributed by atoms with Crippen molar-refractivity contribution in [2.45, 2.75) is 0 Å². The van der Waals surface area contributed by atoms with Crippen molar-refractivity contribution in [1.82, 2.24) is 0 Å². The molecule has 0 aliphatic rings. The third-order valence-electron chi connectivity index (χ3n) is 11.3. The number of hydrogen-bond donors (Lipinski definition) is 0. The predicted molar refractivity (Wildman–Crippen MR) is 251 cm³/mol. The van der Waals surface area contributed by atoms with Gasteiger partial charge in [-0.05, 0) is 102 Å². The van der Waals surface area contributed by atoms with Crippen LogP contribution in [0, 0.1) is 0 Å². The van der Waals surface area contributed by atoms with Crippen LogP contribution < -0.4 is 9.47 Å². The molecule has 4 nitrogen and oxygen atoms in total. The quantitative estimate of drug-likeness (QED) is 0.108. The lowest BCUT2D eigenvalue weighted by atomic mass is 9.92. The van der Waals surface area contributed by atoms with Crippen molar-refractivity contribution in [1.29, 1.82) is 0 Å². The van der Waals surface area contributed by atoms with Crippen LogP contribution in [0.2, 0.25) is 0 Å². The zero-order valence-electron chi connectivity index (χ0n) is 33.6. The number of rotatable bonds is 9. The summed E-state index contributed by atoms with van der Waals surface area (Å²) in [6.07, 6.45) is 0. The number of carbonyl (C=O) groups is 2. The average Bonchev–Trinajstić information content (AvgIpc) is 3.35. The van der Waals surface area contributed by atoms with Gasteiger partial charge in [0.05, 0.1) is 11.1 Å². The van der Waals surface area contributed by atoms with Crippen LogP contribution in [-0.2, 0) is 0 Å². The third-order valence-corrected chi connectivity index (χ3v) is 11.3. The first-order valence-electron chi connectivity index (χ1n) is 20.6. The molecule has 0 spiro atoms. The maximum atomic E-state index is 14.0. The van der Waals surface area contributed by atoms with Crippen molar-refractivity contribution in [2.24, 2.45) is 0 Å². The second kappa shape index (κ2) is 16.7. The Morgan fingerprint density at radius 1 is 0.258 bits per heavy atom. The van der Waals surface area contributed by atoms with Gasteiger partial charge in [-0.25, -0.2) is 9.59 Å². The van der Waals surface area contributed by atoms with Crippen molar-refractivity contribution in [3.8, 4) is 67.1 Å². The molecule has 10 aromatic rings. The fourth-order valence-electron chi connectivity index (χ4n) is 8.08. The largest absolute Gasteiger partial charge is 0.422 e. The Balaban J connectivity index is 0.952. The van der Waals surface area contributed by atoms with Crippen LogP contribution in [0.15, 0.2) is 231 Å². The number of esters is 2. The summed E-state index contributed by atoms with van der Waals surface area (Å²) >= 11 is 0. The van der Waals surface area contributed by atoms with Gasteiger partial charge in [-0.1, -0.05) is 194 Å². The Morgan fingerprint density at radius 3 is 0.871 bits per heavy atom. The summed E-state index contributed by atoms with van der Waals surface area (Å²) in [7, 11) is 0. The van der Waals surface area contributed by atoms with E-state index in [0.717, 1.165) is 66.1 Å². The van der Waals surface area contributed by atoms with Gasteiger partial charge in [-0.2, -0.15) is 0 Å². The minimum atomic E-state index is -0.499. The molecule has 0 saturated heterocycles. The molecule has 294 valence electrons. The van der Waals surface area contributed by atoms with Crippen molar-refractivity contribution >= 4 is 33.5 Å². The lowest BCUT2D eigenvalue weighted by Crippen LogP contribution is -2.11. The van der Waals surface area contributed by atoms with E-state index in [4.69, 9.17) is 9.47 Å². The highest BCUT2D eigenvalue weighted by atomic mass is 16.5. The molecular formula is C58H38O4. The topological polar surface area (TPSA) is 52.6 Å². The molecule has 0 saturated carbocycles. The van der Waals surface area contributed by atoms with Crippen molar-refractivity contribution in [2.75, 3.05) is 0 Å². The first-order valence-corrected chi connectivity index (χ1v) is 20.6. The standard InChI is InChI=1S/C58H38O4/c59-57(49-31-27-45(28-32-49)43-23-19-41(20-24-43)39-11-3-1-4-12-39)61-53-37-35-47-15-7-9-17-51(47)55(53)56-52-18-10-8-16-48(52)36-38-54(56)62-58(60)50-33-29-46(30-34-50)44-25-21-42(22-26-44)40-13-5-2-6-14-40/h1-38H. The molecule has 0 amide bonds. The molecule has 10 rings (SSSR count). The normalized spacial score (nSPS) is 11.0. The van der Waals surface area contributed by atoms with E-state index in [1.165, 1.54) is 0 Å². The summed E-state index contributed by atoms with van der Waals surface area (Å²) < 4.78 is 12.6. The van der Waals surface area contributed by atoms with Crippen LogP contribution in [0.25, 0.3) is 77.2 Å². The van der Waals surface area contributed by atoms with Gasteiger partial charge in [0.1, 0.15) is 11.5 Å². The van der Waals surface area contributed by atoms with Gasteiger partial charge < -0.3 is 9.47 Å². The first kappa shape index (κ1) is 37.9. The highest BCUT2D eigenvalue weighted by Crippen LogP contribution is 2.46. The van der Waals surface area contributed by atoms with Gasteiger partial charge in [-0.3, -0.25) is 0 Å². The van der Waals surface area contributed by atoms with Crippen molar-refractivity contribution in [3.05, 3.63) is 242 Å². The zero-order chi connectivity index (χ0) is 41.8. The maximum absolute atomic E-state index is 14.0. The molecular weight excluding hydrogens is 761 g/mol. The summed E-state index contributed by atoms with van der Waals surface area (Å²) in [6, 6.07) is 75.6. The van der Waals surface area contributed by atoms with Crippen LogP contribution in [0.1, 0.15) is 20.7 Å². The summed E-state index contributed by atoms with van der Waals surface area (Å²) in [5, 5.41) is 3.59. The van der Waals surface area contributed by atoms with E-state index in [0.29, 0.717) is 33.8 Å². The molecule has 62 heavy (non-hydrogen) atoms. The van der Waals surface area contributed by atoms with Crippen molar-refractivity contribution in [3.63, 3.8) is 0 Å². The minimum absolute atomic E-state index is 0.352. The molecule has 0 N–H and O–H groups in total. The average molecular weight is 799 g/mol. The smallest absolute Gasteiger partial charge is 0.343 e. The molecule has 0 aliphatic heterocycles. The van der Waals surface area contributed by atoms with E-state index in [9.17, 15) is 9.59 Å². The van der Waals surface area contributed by atoms with E-state index in [1.807, 2.05) is 133 Å². The van der Waals surface area contributed by atoms with Gasteiger partial charge in [0.2, 0.25) is 0 Å². The Bertz CT molecular complexity index is 2990. The molecule has 0 unspecified atom stereocenters. The third kappa shape index (κ3) is 7.65. The van der Waals surface area contributed by atoms with Gasteiger partial charge in [-0.15, -0.1) is 0 Å². The van der Waals surface area contributed by atoms with E-state index < -0.39 is 11.9 Å². The molecule has 0 aromatic heterocycles. The van der Waals surface area contributed by atoms with Crippen LogP contribution in [0.3, 0.4) is 0 Å².